The summed E-state index contributed by atoms with van der Waals surface area (Å²) < 4.78 is 5.76. The van der Waals surface area contributed by atoms with Crippen molar-refractivity contribution in [3.05, 3.63) is 29.3 Å². The van der Waals surface area contributed by atoms with Crippen molar-refractivity contribution in [2.45, 2.75) is 6.42 Å². The molecule has 2 unspecified atom stereocenters. The molecular formula is C15H21ClN2O. The van der Waals surface area contributed by atoms with E-state index in [1.54, 1.807) is 0 Å². The molecule has 2 atom stereocenters. The number of piperidine rings is 1. The molecule has 0 aromatic heterocycles. The maximum Gasteiger partial charge on any atom is 0.120 e. The van der Waals surface area contributed by atoms with Crippen molar-refractivity contribution in [1.82, 2.24) is 10.2 Å². The van der Waals surface area contributed by atoms with Gasteiger partial charge in [0.05, 0.1) is 0 Å². The lowest BCUT2D eigenvalue weighted by Gasteiger charge is -2.34. The minimum absolute atomic E-state index is 0.732. The fraction of sp³-hybridized carbons (Fsp3) is 0.600. The topological polar surface area (TPSA) is 24.5 Å². The molecule has 3 rings (SSSR count). The molecule has 104 valence electrons. The first-order valence-corrected chi connectivity index (χ1v) is 7.50. The van der Waals surface area contributed by atoms with Crippen LogP contribution in [0.4, 0.5) is 0 Å². The van der Waals surface area contributed by atoms with Crippen molar-refractivity contribution in [3.8, 4) is 5.75 Å². The van der Waals surface area contributed by atoms with E-state index in [4.69, 9.17) is 16.3 Å². The van der Waals surface area contributed by atoms with E-state index in [0.717, 1.165) is 35.8 Å². The summed E-state index contributed by atoms with van der Waals surface area (Å²) in [7, 11) is 0. The number of nitrogens with zero attached hydrogens (tertiary/aromatic N) is 1. The Morgan fingerprint density at radius 3 is 3.11 bits per heavy atom. The Hall–Kier alpha value is -0.770. The monoisotopic (exact) mass is 280 g/mol. The minimum Gasteiger partial charge on any atom is -0.492 e. The van der Waals surface area contributed by atoms with Crippen LogP contribution < -0.4 is 10.1 Å². The van der Waals surface area contributed by atoms with Crippen LogP contribution >= 0.6 is 11.6 Å². The second kappa shape index (κ2) is 6.12. The molecule has 1 aromatic rings. The van der Waals surface area contributed by atoms with Crippen LogP contribution in [-0.4, -0.2) is 44.2 Å². The molecule has 2 aliphatic rings. The zero-order valence-corrected chi connectivity index (χ0v) is 11.9. The van der Waals surface area contributed by atoms with Gasteiger partial charge in [-0.05, 0) is 56.1 Å². The van der Waals surface area contributed by atoms with Crippen LogP contribution in [-0.2, 0) is 0 Å². The minimum atomic E-state index is 0.732. The zero-order valence-electron chi connectivity index (χ0n) is 11.1. The third-order valence-corrected chi connectivity index (χ3v) is 4.50. The number of fused-ring (bicyclic) bond motifs is 1. The molecule has 1 aromatic carbocycles. The first-order valence-electron chi connectivity index (χ1n) is 7.13. The standard InChI is InChI=1S/C15H21ClN2O/c16-14-2-1-3-15(8-14)19-7-6-18-5-4-12-9-17-10-13(12)11-18/h1-3,8,12-13,17H,4-7,9-11H2. The second-order valence-electron chi connectivity index (χ2n) is 5.57. The summed E-state index contributed by atoms with van der Waals surface area (Å²) in [4.78, 5) is 2.53. The number of hydrogen-bond acceptors (Lipinski definition) is 3. The molecule has 0 amide bonds. The Balaban J connectivity index is 1.43. The summed E-state index contributed by atoms with van der Waals surface area (Å²) in [5.41, 5.74) is 0. The molecule has 1 N–H and O–H groups in total. The van der Waals surface area contributed by atoms with Gasteiger partial charge in [0, 0.05) is 18.1 Å². The Morgan fingerprint density at radius 2 is 2.21 bits per heavy atom. The summed E-state index contributed by atoms with van der Waals surface area (Å²) in [6.07, 6.45) is 1.33. The van der Waals surface area contributed by atoms with E-state index in [2.05, 4.69) is 10.2 Å². The molecule has 0 bridgehead atoms. The van der Waals surface area contributed by atoms with Crippen molar-refractivity contribution in [2.24, 2.45) is 11.8 Å². The predicted molar refractivity (Wildman–Crippen MR) is 77.9 cm³/mol. The molecule has 19 heavy (non-hydrogen) atoms. The van der Waals surface area contributed by atoms with Crippen molar-refractivity contribution in [1.29, 1.82) is 0 Å². The van der Waals surface area contributed by atoms with Crippen LogP contribution in [0.3, 0.4) is 0 Å². The lowest BCUT2D eigenvalue weighted by molar-refractivity contribution is 0.127. The second-order valence-corrected chi connectivity index (χ2v) is 6.01. The van der Waals surface area contributed by atoms with Crippen molar-refractivity contribution < 1.29 is 4.74 Å². The van der Waals surface area contributed by atoms with Gasteiger partial charge in [0.2, 0.25) is 0 Å². The van der Waals surface area contributed by atoms with Gasteiger partial charge in [-0.2, -0.15) is 0 Å². The van der Waals surface area contributed by atoms with Gasteiger partial charge in [-0.3, -0.25) is 4.90 Å². The lowest BCUT2D eigenvalue weighted by atomic mass is 9.89. The van der Waals surface area contributed by atoms with E-state index < -0.39 is 0 Å². The van der Waals surface area contributed by atoms with Crippen LogP contribution in [0.15, 0.2) is 24.3 Å². The number of nitrogens with one attached hydrogen (secondary N) is 1. The van der Waals surface area contributed by atoms with Crippen LogP contribution in [0.25, 0.3) is 0 Å². The maximum atomic E-state index is 5.94. The van der Waals surface area contributed by atoms with Gasteiger partial charge in [0.1, 0.15) is 12.4 Å². The average Bonchev–Trinajstić information content (AvgIpc) is 2.86. The SMILES string of the molecule is Clc1cccc(OCCN2CCC3CNCC3C2)c1. The van der Waals surface area contributed by atoms with Crippen molar-refractivity contribution in [2.75, 3.05) is 39.3 Å². The number of halogens is 1. The number of hydrogen-bond donors (Lipinski definition) is 1. The number of likely N-dealkylation sites (tertiary alicyclic amines) is 1. The summed E-state index contributed by atoms with van der Waals surface area (Å²) in [6, 6.07) is 7.62. The van der Waals surface area contributed by atoms with Gasteiger partial charge in [0.15, 0.2) is 0 Å². The Kier molecular flexibility index (Phi) is 4.26. The molecule has 2 saturated heterocycles. The smallest absolute Gasteiger partial charge is 0.120 e. The third-order valence-electron chi connectivity index (χ3n) is 4.26. The van der Waals surface area contributed by atoms with E-state index in [1.165, 1.54) is 32.6 Å². The zero-order chi connectivity index (χ0) is 13.1. The Bertz CT molecular complexity index is 426. The molecule has 0 saturated carbocycles. The van der Waals surface area contributed by atoms with Crippen LogP contribution in [0.5, 0.6) is 5.75 Å². The molecule has 2 heterocycles. The summed E-state index contributed by atoms with van der Waals surface area (Å²) >= 11 is 5.94. The van der Waals surface area contributed by atoms with Crippen LogP contribution in [0.2, 0.25) is 5.02 Å². The average molecular weight is 281 g/mol. The van der Waals surface area contributed by atoms with Gasteiger partial charge < -0.3 is 10.1 Å². The maximum absolute atomic E-state index is 5.94. The van der Waals surface area contributed by atoms with E-state index >= 15 is 0 Å². The Labute approximate surface area is 119 Å². The van der Waals surface area contributed by atoms with Crippen molar-refractivity contribution >= 4 is 11.6 Å². The van der Waals surface area contributed by atoms with Gasteiger partial charge >= 0.3 is 0 Å². The molecule has 2 fully saturated rings. The van der Waals surface area contributed by atoms with E-state index in [0.29, 0.717) is 0 Å². The molecule has 2 aliphatic heterocycles. The van der Waals surface area contributed by atoms with Gasteiger partial charge in [0.25, 0.3) is 0 Å². The van der Waals surface area contributed by atoms with Gasteiger partial charge in [-0.25, -0.2) is 0 Å². The largest absolute Gasteiger partial charge is 0.492 e. The first-order chi connectivity index (χ1) is 9.31. The van der Waals surface area contributed by atoms with E-state index in [-0.39, 0.29) is 0 Å². The predicted octanol–water partition coefficient (Wildman–Crippen LogP) is 2.26. The fourth-order valence-electron chi connectivity index (χ4n) is 3.16. The fourth-order valence-corrected chi connectivity index (χ4v) is 3.34. The molecule has 3 nitrogen and oxygen atoms in total. The molecule has 0 radical (unpaired) electrons. The van der Waals surface area contributed by atoms with Gasteiger partial charge in [-0.15, -0.1) is 0 Å². The molecular weight excluding hydrogens is 260 g/mol. The first kappa shape index (κ1) is 13.2. The summed E-state index contributed by atoms with van der Waals surface area (Å²) in [5.74, 6) is 2.62. The summed E-state index contributed by atoms with van der Waals surface area (Å²) in [5, 5.41) is 4.23. The highest BCUT2D eigenvalue weighted by atomic mass is 35.5. The molecule has 0 spiro atoms. The van der Waals surface area contributed by atoms with E-state index in [1.807, 2.05) is 24.3 Å². The highest BCUT2D eigenvalue weighted by Crippen LogP contribution is 2.26. The highest BCUT2D eigenvalue weighted by Gasteiger charge is 2.32. The van der Waals surface area contributed by atoms with E-state index in [9.17, 15) is 0 Å². The molecule has 4 heteroatoms. The third kappa shape index (κ3) is 3.41. The Morgan fingerprint density at radius 1 is 1.32 bits per heavy atom. The summed E-state index contributed by atoms with van der Waals surface area (Å²) in [6.45, 7) is 6.59. The number of rotatable bonds is 4. The highest BCUT2D eigenvalue weighted by molar-refractivity contribution is 6.30. The number of ether oxygens (including phenoxy) is 1. The quantitative estimate of drug-likeness (QED) is 0.916. The lowest BCUT2D eigenvalue weighted by Crippen LogP contribution is -2.41. The number of benzene rings is 1. The molecule has 0 aliphatic carbocycles. The normalized spacial score (nSPS) is 27.2. The van der Waals surface area contributed by atoms with Gasteiger partial charge in [-0.1, -0.05) is 17.7 Å². The van der Waals surface area contributed by atoms with Crippen molar-refractivity contribution in [3.63, 3.8) is 0 Å². The van der Waals surface area contributed by atoms with Crippen LogP contribution in [0, 0.1) is 11.8 Å². The van der Waals surface area contributed by atoms with Crippen LogP contribution in [0.1, 0.15) is 6.42 Å².